The van der Waals surface area contributed by atoms with Crippen molar-refractivity contribution in [1.82, 2.24) is 9.97 Å². The lowest BCUT2D eigenvalue weighted by Crippen LogP contribution is -2.25. The lowest BCUT2D eigenvalue weighted by Gasteiger charge is -2.25. The van der Waals surface area contributed by atoms with E-state index in [1.54, 1.807) is 6.07 Å². The van der Waals surface area contributed by atoms with Gasteiger partial charge in [0.1, 0.15) is 11.6 Å². The Morgan fingerprint density at radius 2 is 2.10 bits per heavy atom. The van der Waals surface area contributed by atoms with E-state index in [1.165, 1.54) is 0 Å². The molecular weight excluding hydrogens is 264 g/mol. The Bertz CT molecular complexity index is 651. The highest BCUT2D eigenvalue weighted by molar-refractivity contribution is 5.63. The lowest BCUT2D eigenvalue weighted by molar-refractivity contribution is 0.797. The van der Waals surface area contributed by atoms with Gasteiger partial charge >= 0.3 is 0 Å². The summed E-state index contributed by atoms with van der Waals surface area (Å²) >= 11 is 0. The van der Waals surface area contributed by atoms with E-state index in [9.17, 15) is 4.79 Å². The van der Waals surface area contributed by atoms with Crippen molar-refractivity contribution < 1.29 is 0 Å². The molecule has 0 saturated carbocycles. The molecule has 0 fully saturated rings. The second-order valence-electron chi connectivity index (χ2n) is 4.98. The second-order valence-corrected chi connectivity index (χ2v) is 4.98. The Hall–Kier alpha value is -2.14. The fourth-order valence-electron chi connectivity index (χ4n) is 2.27. The molecule has 5 nitrogen and oxygen atoms in total. The predicted octanol–water partition coefficient (Wildman–Crippen LogP) is 2.13. The van der Waals surface area contributed by atoms with Gasteiger partial charge in [-0.15, -0.1) is 0 Å². The number of aromatic nitrogens is 2. The number of hydrogen-bond donors (Lipinski definition) is 2. The maximum absolute atomic E-state index is 11.8. The van der Waals surface area contributed by atoms with Crippen LogP contribution in [0.4, 0.5) is 11.5 Å². The van der Waals surface area contributed by atoms with Crippen molar-refractivity contribution in [2.45, 2.75) is 26.7 Å². The number of nitrogens with two attached hydrogens (primary N) is 1. The Morgan fingerprint density at radius 1 is 1.33 bits per heavy atom. The molecule has 0 saturated heterocycles. The first-order valence-electron chi connectivity index (χ1n) is 7.29. The van der Waals surface area contributed by atoms with Crippen LogP contribution in [0.25, 0.3) is 0 Å². The normalized spacial score (nSPS) is 10.6. The van der Waals surface area contributed by atoms with Crippen LogP contribution < -0.4 is 16.2 Å². The minimum absolute atomic E-state index is 0.122. The number of H-pyrrole nitrogens is 1. The Kier molecular flexibility index (Phi) is 5.11. The molecule has 1 heterocycles. The zero-order valence-electron chi connectivity index (χ0n) is 12.6. The van der Waals surface area contributed by atoms with Crippen LogP contribution in [-0.4, -0.2) is 23.1 Å². The SMILES string of the molecule is CCc1nc(N(CCCN)c2ccccc2C)cc(=O)[nH]1. The minimum atomic E-state index is -0.122. The van der Waals surface area contributed by atoms with Crippen molar-refractivity contribution in [3.05, 3.63) is 52.1 Å². The molecule has 0 amide bonds. The highest BCUT2D eigenvalue weighted by Gasteiger charge is 2.13. The number of benzene rings is 1. The molecule has 2 aromatic rings. The third kappa shape index (κ3) is 3.70. The fraction of sp³-hybridized carbons (Fsp3) is 0.375. The van der Waals surface area contributed by atoms with E-state index in [4.69, 9.17) is 5.73 Å². The maximum Gasteiger partial charge on any atom is 0.252 e. The van der Waals surface area contributed by atoms with Crippen molar-refractivity contribution in [3.63, 3.8) is 0 Å². The summed E-state index contributed by atoms with van der Waals surface area (Å²) in [6, 6.07) is 9.63. The molecule has 112 valence electrons. The molecule has 3 N–H and O–H groups in total. The van der Waals surface area contributed by atoms with Gasteiger partial charge in [0, 0.05) is 24.7 Å². The number of hydrogen-bond acceptors (Lipinski definition) is 4. The topological polar surface area (TPSA) is 75.0 Å². The molecule has 0 aliphatic rings. The standard InChI is InChI=1S/C16H22N4O/c1-3-14-18-15(11-16(21)19-14)20(10-6-9-17)13-8-5-4-7-12(13)2/h4-5,7-8,11H,3,6,9-10,17H2,1-2H3,(H,18,19,21). The van der Waals surface area contributed by atoms with Crippen LogP contribution in [0.3, 0.4) is 0 Å². The van der Waals surface area contributed by atoms with E-state index in [0.29, 0.717) is 24.6 Å². The number of rotatable bonds is 6. The zero-order valence-corrected chi connectivity index (χ0v) is 12.6. The highest BCUT2D eigenvalue weighted by atomic mass is 16.1. The van der Waals surface area contributed by atoms with Gasteiger partial charge in [0.2, 0.25) is 0 Å². The third-order valence-electron chi connectivity index (χ3n) is 3.38. The molecule has 1 aromatic carbocycles. The fourth-order valence-corrected chi connectivity index (χ4v) is 2.27. The first kappa shape index (κ1) is 15.3. The molecule has 0 radical (unpaired) electrons. The van der Waals surface area contributed by atoms with Gasteiger partial charge in [-0.1, -0.05) is 25.1 Å². The number of nitrogens with one attached hydrogen (secondary N) is 1. The minimum Gasteiger partial charge on any atom is -0.330 e. The number of aromatic amines is 1. The van der Waals surface area contributed by atoms with Gasteiger partial charge in [0.25, 0.3) is 5.56 Å². The van der Waals surface area contributed by atoms with E-state index >= 15 is 0 Å². The average molecular weight is 286 g/mol. The van der Waals surface area contributed by atoms with Crippen LogP contribution in [-0.2, 0) is 6.42 Å². The molecule has 5 heteroatoms. The molecule has 0 spiro atoms. The lowest BCUT2D eigenvalue weighted by atomic mass is 10.1. The van der Waals surface area contributed by atoms with Crippen LogP contribution in [0.1, 0.15) is 24.7 Å². The van der Waals surface area contributed by atoms with E-state index in [2.05, 4.69) is 27.9 Å². The summed E-state index contributed by atoms with van der Waals surface area (Å²) < 4.78 is 0. The van der Waals surface area contributed by atoms with Gasteiger partial charge in [0.05, 0.1) is 0 Å². The van der Waals surface area contributed by atoms with E-state index in [0.717, 1.165) is 24.2 Å². The quantitative estimate of drug-likeness (QED) is 0.853. The molecule has 0 atom stereocenters. The summed E-state index contributed by atoms with van der Waals surface area (Å²) in [5, 5.41) is 0. The first-order chi connectivity index (χ1) is 10.2. The van der Waals surface area contributed by atoms with Crippen molar-refractivity contribution in [2.75, 3.05) is 18.0 Å². The predicted molar refractivity (Wildman–Crippen MR) is 86.1 cm³/mol. The largest absolute Gasteiger partial charge is 0.330 e. The Labute approximate surface area is 124 Å². The van der Waals surface area contributed by atoms with Crippen molar-refractivity contribution in [2.24, 2.45) is 5.73 Å². The van der Waals surface area contributed by atoms with Gasteiger partial charge in [-0.3, -0.25) is 4.79 Å². The molecule has 0 aliphatic heterocycles. The summed E-state index contributed by atoms with van der Waals surface area (Å²) in [6.07, 6.45) is 1.53. The summed E-state index contributed by atoms with van der Waals surface area (Å²) in [5.41, 5.74) is 7.73. The smallest absolute Gasteiger partial charge is 0.252 e. The monoisotopic (exact) mass is 286 g/mol. The molecule has 21 heavy (non-hydrogen) atoms. The number of para-hydroxylation sites is 1. The zero-order chi connectivity index (χ0) is 15.2. The Morgan fingerprint density at radius 3 is 2.76 bits per heavy atom. The van der Waals surface area contributed by atoms with Crippen LogP contribution in [0, 0.1) is 6.92 Å². The molecule has 2 rings (SSSR count). The maximum atomic E-state index is 11.8. The van der Waals surface area contributed by atoms with Crippen molar-refractivity contribution in [1.29, 1.82) is 0 Å². The van der Waals surface area contributed by atoms with Gasteiger partial charge in [-0.25, -0.2) is 4.98 Å². The highest BCUT2D eigenvalue weighted by Crippen LogP contribution is 2.26. The van der Waals surface area contributed by atoms with E-state index in [1.807, 2.05) is 25.1 Å². The van der Waals surface area contributed by atoms with Crippen LogP contribution >= 0.6 is 0 Å². The van der Waals surface area contributed by atoms with E-state index < -0.39 is 0 Å². The summed E-state index contributed by atoms with van der Waals surface area (Å²) in [5.74, 6) is 1.38. The molecule has 1 aromatic heterocycles. The number of aryl methyl sites for hydroxylation is 2. The van der Waals surface area contributed by atoms with Gasteiger partial charge in [0.15, 0.2) is 0 Å². The van der Waals surface area contributed by atoms with Gasteiger partial charge in [-0.05, 0) is 31.5 Å². The van der Waals surface area contributed by atoms with Crippen LogP contribution in [0.15, 0.2) is 35.1 Å². The molecule has 0 aliphatic carbocycles. The Balaban J connectivity index is 2.48. The number of anilines is 2. The number of nitrogens with zero attached hydrogens (tertiary/aromatic N) is 2. The third-order valence-corrected chi connectivity index (χ3v) is 3.38. The van der Waals surface area contributed by atoms with E-state index in [-0.39, 0.29) is 5.56 Å². The van der Waals surface area contributed by atoms with Crippen LogP contribution in [0.5, 0.6) is 0 Å². The molecule has 0 bridgehead atoms. The van der Waals surface area contributed by atoms with Crippen LogP contribution in [0.2, 0.25) is 0 Å². The van der Waals surface area contributed by atoms with Crippen molar-refractivity contribution >= 4 is 11.5 Å². The molecule has 0 unspecified atom stereocenters. The summed E-state index contributed by atoms with van der Waals surface area (Å²) in [6.45, 7) is 5.37. The summed E-state index contributed by atoms with van der Waals surface area (Å²) in [7, 11) is 0. The molecular formula is C16H22N4O. The second kappa shape index (κ2) is 7.04. The first-order valence-corrected chi connectivity index (χ1v) is 7.29. The van der Waals surface area contributed by atoms with Crippen molar-refractivity contribution in [3.8, 4) is 0 Å². The average Bonchev–Trinajstić information content (AvgIpc) is 2.48. The van der Waals surface area contributed by atoms with Gasteiger partial charge < -0.3 is 15.6 Å². The summed E-state index contributed by atoms with van der Waals surface area (Å²) in [4.78, 5) is 21.2. The van der Waals surface area contributed by atoms with Gasteiger partial charge in [-0.2, -0.15) is 0 Å².